The van der Waals surface area contributed by atoms with Crippen LogP contribution in [0.2, 0.25) is 5.02 Å². The maximum Gasteiger partial charge on any atom is 0.573 e. The van der Waals surface area contributed by atoms with Gasteiger partial charge in [0.2, 0.25) is 0 Å². The summed E-state index contributed by atoms with van der Waals surface area (Å²) in [6, 6.07) is 10.2. The Bertz CT molecular complexity index is 1500. The normalized spacial score (nSPS) is 13.0. The number of rotatable bonds is 5. The van der Waals surface area contributed by atoms with E-state index in [0.29, 0.717) is 16.8 Å². The Morgan fingerprint density at radius 3 is 2.64 bits per heavy atom. The van der Waals surface area contributed by atoms with Crippen molar-refractivity contribution in [3.63, 3.8) is 0 Å². The van der Waals surface area contributed by atoms with E-state index in [9.17, 15) is 26.7 Å². The number of amides is 1. The Morgan fingerprint density at radius 1 is 1.11 bits per heavy atom. The van der Waals surface area contributed by atoms with Gasteiger partial charge in [-0.2, -0.15) is 5.10 Å². The Balaban J connectivity index is 1.73. The van der Waals surface area contributed by atoms with Crippen LogP contribution in [0, 0.1) is 5.82 Å². The molecule has 12 heteroatoms. The van der Waals surface area contributed by atoms with Crippen LogP contribution >= 0.6 is 11.6 Å². The molecule has 0 atom stereocenters. The third-order valence-electron chi connectivity index (χ3n) is 5.48. The molecule has 1 amide bonds. The van der Waals surface area contributed by atoms with Crippen LogP contribution in [0.15, 0.2) is 54.7 Å². The second kappa shape index (κ2) is 8.90. The molecule has 4 aromatic rings. The van der Waals surface area contributed by atoms with Crippen LogP contribution < -0.4 is 10.1 Å². The fourth-order valence-electron chi connectivity index (χ4n) is 3.96. The first-order valence-electron chi connectivity index (χ1n) is 10.4. The first-order chi connectivity index (χ1) is 17.1. The Labute approximate surface area is 205 Å². The van der Waals surface area contributed by atoms with Crippen molar-refractivity contribution in [3.8, 4) is 34.1 Å². The molecule has 3 heterocycles. The summed E-state index contributed by atoms with van der Waals surface area (Å²) >= 11 is 5.96. The molecular formula is C24H14ClF5N4O2. The van der Waals surface area contributed by atoms with Gasteiger partial charge in [0.05, 0.1) is 22.1 Å². The van der Waals surface area contributed by atoms with Crippen molar-refractivity contribution in [2.75, 3.05) is 0 Å². The van der Waals surface area contributed by atoms with Gasteiger partial charge in [-0.3, -0.25) is 9.78 Å². The number of ether oxygens (including phenoxy) is 1. The molecule has 0 fully saturated rings. The van der Waals surface area contributed by atoms with Crippen LogP contribution in [0.5, 0.6) is 5.75 Å². The monoisotopic (exact) mass is 520 g/mol. The molecule has 6 nitrogen and oxygen atoms in total. The molecule has 0 radical (unpaired) electrons. The first kappa shape index (κ1) is 23.7. The smallest absolute Gasteiger partial charge is 0.406 e. The zero-order chi connectivity index (χ0) is 25.6. The molecular weight excluding hydrogens is 507 g/mol. The SMILES string of the molecule is O=C1NCc2c1ccnc2-c1cc(-c2cc(CF)cc(OC(F)(F)F)c2)n(-c2ccc(F)c(Cl)c2)n1. The summed E-state index contributed by atoms with van der Waals surface area (Å²) in [6.45, 7) is -0.838. The number of hydrogen-bond acceptors (Lipinski definition) is 4. The Hall–Kier alpha value is -3.99. The molecule has 2 aromatic heterocycles. The highest BCUT2D eigenvalue weighted by Crippen LogP contribution is 2.35. The fraction of sp³-hybridized carbons (Fsp3) is 0.125. The van der Waals surface area contributed by atoms with E-state index in [4.69, 9.17) is 11.6 Å². The number of nitrogens with zero attached hydrogens (tertiary/aromatic N) is 3. The molecule has 5 rings (SSSR count). The van der Waals surface area contributed by atoms with Crippen molar-refractivity contribution in [1.82, 2.24) is 20.1 Å². The van der Waals surface area contributed by atoms with E-state index in [2.05, 4.69) is 20.1 Å². The number of fused-ring (bicyclic) bond motifs is 1. The zero-order valence-corrected chi connectivity index (χ0v) is 18.8. The van der Waals surface area contributed by atoms with E-state index < -0.39 is 24.6 Å². The molecule has 2 aromatic carbocycles. The van der Waals surface area contributed by atoms with E-state index in [1.54, 1.807) is 6.07 Å². The van der Waals surface area contributed by atoms with Gasteiger partial charge in [-0.15, -0.1) is 13.2 Å². The summed E-state index contributed by atoms with van der Waals surface area (Å²) in [6.07, 6.45) is -3.55. The largest absolute Gasteiger partial charge is 0.573 e. The minimum absolute atomic E-state index is 0.0632. The summed E-state index contributed by atoms with van der Waals surface area (Å²) in [5.74, 6) is -1.57. The van der Waals surface area contributed by atoms with Crippen LogP contribution in [-0.2, 0) is 13.2 Å². The highest BCUT2D eigenvalue weighted by Gasteiger charge is 2.32. The van der Waals surface area contributed by atoms with Crippen LogP contribution in [0.1, 0.15) is 21.5 Å². The number of hydrogen-bond donors (Lipinski definition) is 1. The molecule has 0 saturated heterocycles. The Morgan fingerprint density at radius 2 is 1.92 bits per heavy atom. The lowest BCUT2D eigenvalue weighted by molar-refractivity contribution is -0.274. The Kier molecular flexibility index (Phi) is 5.87. The van der Waals surface area contributed by atoms with E-state index >= 15 is 0 Å². The van der Waals surface area contributed by atoms with Gasteiger partial charge in [-0.1, -0.05) is 11.6 Å². The minimum atomic E-state index is -4.99. The van der Waals surface area contributed by atoms with Crippen molar-refractivity contribution in [2.24, 2.45) is 0 Å². The van der Waals surface area contributed by atoms with Crippen LogP contribution in [0.25, 0.3) is 28.3 Å². The number of benzene rings is 2. The lowest BCUT2D eigenvalue weighted by atomic mass is 10.0. The maximum atomic E-state index is 13.8. The first-order valence-corrected chi connectivity index (χ1v) is 10.8. The number of pyridine rings is 1. The van der Waals surface area contributed by atoms with Crippen molar-refractivity contribution in [2.45, 2.75) is 19.6 Å². The number of carbonyl (C=O) groups excluding carboxylic acids is 1. The van der Waals surface area contributed by atoms with Crippen LogP contribution in [0.4, 0.5) is 22.0 Å². The van der Waals surface area contributed by atoms with Gasteiger partial charge < -0.3 is 10.1 Å². The predicted octanol–water partition coefficient (Wildman–Crippen LogP) is 6.01. The average molecular weight is 521 g/mol. The lowest BCUT2D eigenvalue weighted by Crippen LogP contribution is -2.17. The molecule has 184 valence electrons. The number of carbonyl (C=O) groups is 1. The summed E-state index contributed by atoms with van der Waals surface area (Å²) in [7, 11) is 0. The molecule has 0 unspecified atom stereocenters. The maximum absolute atomic E-state index is 13.8. The van der Waals surface area contributed by atoms with E-state index in [0.717, 1.165) is 18.2 Å². The lowest BCUT2D eigenvalue weighted by Gasteiger charge is -2.13. The van der Waals surface area contributed by atoms with Crippen LogP contribution in [0.3, 0.4) is 0 Å². The molecule has 0 spiro atoms. The average Bonchev–Trinajstić information content (AvgIpc) is 3.44. The highest BCUT2D eigenvalue weighted by molar-refractivity contribution is 6.30. The second-order valence-corrected chi connectivity index (χ2v) is 8.25. The van der Waals surface area contributed by atoms with Gasteiger partial charge in [0, 0.05) is 29.4 Å². The molecule has 1 N–H and O–H groups in total. The van der Waals surface area contributed by atoms with Crippen molar-refractivity contribution in [1.29, 1.82) is 0 Å². The third-order valence-corrected chi connectivity index (χ3v) is 5.77. The summed E-state index contributed by atoms with van der Waals surface area (Å²) in [5.41, 5.74) is 2.25. The number of halogens is 6. The summed E-state index contributed by atoms with van der Waals surface area (Å²) in [4.78, 5) is 16.4. The second-order valence-electron chi connectivity index (χ2n) is 7.84. The van der Waals surface area contributed by atoms with Gasteiger partial charge in [0.1, 0.15) is 23.9 Å². The number of aromatic nitrogens is 3. The van der Waals surface area contributed by atoms with Crippen molar-refractivity contribution >= 4 is 17.5 Å². The van der Waals surface area contributed by atoms with E-state index in [1.807, 2.05) is 0 Å². The predicted molar refractivity (Wildman–Crippen MR) is 120 cm³/mol. The van der Waals surface area contributed by atoms with Gasteiger partial charge in [-0.05, 0) is 54.1 Å². The summed E-state index contributed by atoms with van der Waals surface area (Å²) < 4.78 is 71.4. The standard InChI is InChI=1S/C24H14ClF5N4O2/c25-18-8-14(1-2-19(18)27)34-21(13-5-12(10-26)6-15(7-13)36-24(28,29)30)9-20(33-34)22-17-11-32-23(35)16(17)3-4-31-22/h1-9H,10-11H2,(H,32,35). The van der Waals surface area contributed by atoms with Crippen LogP contribution in [-0.4, -0.2) is 27.0 Å². The number of alkyl halides is 4. The molecule has 0 bridgehead atoms. The topological polar surface area (TPSA) is 69.0 Å². The van der Waals surface area contributed by atoms with E-state index in [-0.39, 0.29) is 45.7 Å². The third kappa shape index (κ3) is 4.49. The summed E-state index contributed by atoms with van der Waals surface area (Å²) in [5, 5.41) is 7.03. The van der Waals surface area contributed by atoms with Gasteiger partial charge in [0.15, 0.2) is 0 Å². The van der Waals surface area contributed by atoms with Gasteiger partial charge in [0.25, 0.3) is 5.91 Å². The molecule has 0 aliphatic carbocycles. The van der Waals surface area contributed by atoms with E-state index in [1.165, 1.54) is 35.1 Å². The highest BCUT2D eigenvalue weighted by atomic mass is 35.5. The van der Waals surface area contributed by atoms with Gasteiger partial charge in [-0.25, -0.2) is 13.5 Å². The quantitative estimate of drug-likeness (QED) is 0.327. The molecule has 36 heavy (non-hydrogen) atoms. The number of nitrogens with one attached hydrogen (secondary N) is 1. The minimum Gasteiger partial charge on any atom is -0.406 e. The van der Waals surface area contributed by atoms with Gasteiger partial charge >= 0.3 is 6.36 Å². The van der Waals surface area contributed by atoms with Crippen molar-refractivity contribution < 1.29 is 31.5 Å². The zero-order valence-electron chi connectivity index (χ0n) is 18.0. The fourth-order valence-corrected chi connectivity index (χ4v) is 4.14. The van der Waals surface area contributed by atoms with Crippen molar-refractivity contribution in [3.05, 3.63) is 82.3 Å². The molecule has 1 aliphatic heterocycles. The molecule has 1 aliphatic rings. The molecule has 0 saturated carbocycles.